The molecule has 1 aromatic carbocycles. The second-order valence-electron chi connectivity index (χ2n) is 3.85. The number of nitrogens with one attached hydrogen (secondary N) is 3. The Morgan fingerprint density at radius 2 is 1.95 bits per heavy atom. The third-order valence-corrected chi connectivity index (χ3v) is 3.23. The van der Waals surface area contributed by atoms with Crippen LogP contribution < -0.4 is 11.2 Å². The Bertz CT molecular complexity index is 896. The molecule has 2 heterocycles. The molecule has 0 bridgehead atoms. The maximum Gasteiger partial charge on any atom is 0.327 e. The topological polar surface area (TPSA) is 94.4 Å². The van der Waals surface area contributed by atoms with Crippen molar-refractivity contribution in [1.29, 1.82) is 0 Å². The molecule has 0 atom stereocenters. The Kier molecular flexibility index (Phi) is 2.59. The van der Waals surface area contributed by atoms with E-state index in [-0.39, 0.29) is 11.2 Å². The van der Waals surface area contributed by atoms with Gasteiger partial charge in [-0.25, -0.2) is 14.2 Å². The molecule has 0 aliphatic carbocycles. The summed E-state index contributed by atoms with van der Waals surface area (Å²) in [4.78, 5) is 33.9. The number of rotatable bonds is 1. The van der Waals surface area contributed by atoms with Gasteiger partial charge in [0, 0.05) is 5.56 Å². The average Bonchev–Trinajstić information content (AvgIpc) is 2.76. The third-order valence-electron chi connectivity index (χ3n) is 2.58. The minimum absolute atomic E-state index is 0.132. The van der Waals surface area contributed by atoms with Crippen molar-refractivity contribution in [2.45, 2.75) is 0 Å². The van der Waals surface area contributed by atoms with Crippen LogP contribution in [0.1, 0.15) is 0 Å². The summed E-state index contributed by atoms with van der Waals surface area (Å²) in [5.74, 6) is -0.144. The van der Waals surface area contributed by atoms with Gasteiger partial charge < -0.3 is 4.98 Å². The fourth-order valence-electron chi connectivity index (χ4n) is 1.71. The van der Waals surface area contributed by atoms with E-state index in [1.165, 1.54) is 12.1 Å². The molecule has 8 heteroatoms. The molecule has 0 aliphatic heterocycles. The zero-order valence-corrected chi connectivity index (χ0v) is 10.8. The predicted molar refractivity (Wildman–Crippen MR) is 70.4 cm³/mol. The highest BCUT2D eigenvalue weighted by Crippen LogP contribution is 2.23. The maximum atomic E-state index is 13.4. The molecule has 0 fully saturated rings. The second kappa shape index (κ2) is 4.16. The van der Waals surface area contributed by atoms with Gasteiger partial charge in [0.1, 0.15) is 17.2 Å². The summed E-state index contributed by atoms with van der Waals surface area (Å²) in [5, 5.41) is 0. The van der Waals surface area contributed by atoms with Crippen molar-refractivity contribution >= 4 is 27.1 Å². The van der Waals surface area contributed by atoms with Gasteiger partial charge in [0.25, 0.3) is 5.56 Å². The lowest BCUT2D eigenvalue weighted by atomic mass is 10.2. The number of imidazole rings is 1. The van der Waals surface area contributed by atoms with Crippen LogP contribution in [0.4, 0.5) is 4.39 Å². The van der Waals surface area contributed by atoms with Gasteiger partial charge in [0.05, 0.1) is 4.47 Å². The van der Waals surface area contributed by atoms with Gasteiger partial charge in [-0.1, -0.05) is 0 Å². The monoisotopic (exact) mass is 324 g/mol. The van der Waals surface area contributed by atoms with Crippen LogP contribution in [0.3, 0.4) is 0 Å². The van der Waals surface area contributed by atoms with E-state index in [0.29, 0.717) is 15.9 Å². The molecule has 3 aromatic rings. The van der Waals surface area contributed by atoms with Gasteiger partial charge >= 0.3 is 5.69 Å². The third kappa shape index (κ3) is 1.99. The summed E-state index contributed by atoms with van der Waals surface area (Å²) in [7, 11) is 0. The molecule has 0 unspecified atom stereocenters. The van der Waals surface area contributed by atoms with Crippen LogP contribution in [0.2, 0.25) is 0 Å². The normalized spacial score (nSPS) is 11.1. The van der Waals surface area contributed by atoms with E-state index in [1.54, 1.807) is 6.07 Å². The van der Waals surface area contributed by atoms with Crippen LogP contribution in [0.5, 0.6) is 0 Å². The van der Waals surface area contributed by atoms with Crippen LogP contribution in [0.15, 0.2) is 32.3 Å². The predicted octanol–water partition coefficient (Wildman–Crippen LogP) is 1.51. The van der Waals surface area contributed by atoms with Crippen molar-refractivity contribution in [2.24, 2.45) is 0 Å². The molecule has 19 heavy (non-hydrogen) atoms. The second-order valence-corrected chi connectivity index (χ2v) is 4.70. The smallest absolute Gasteiger partial charge is 0.327 e. The molecule has 3 rings (SSSR count). The molecule has 0 radical (unpaired) electrons. The fourth-order valence-corrected chi connectivity index (χ4v) is 1.96. The average molecular weight is 325 g/mol. The molecule has 3 N–H and O–H groups in total. The highest BCUT2D eigenvalue weighted by molar-refractivity contribution is 9.10. The molecule has 2 aromatic heterocycles. The minimum Gasteiger partial charge on any atom is -0.332 e. The standard InChI is InChI=1S/C11H6BrFN4O2/c12-5-2-1-4(3-6(5)13)8-14-7-9(15-8)16-11(19)17-10(7)18/h1-3H,(H3,14,15,16,17,18,19). The molecular weight excluding hydrogens is 319 g/mol. The number of aromatic amines is 3. The molecule has 0 amide bonds. The van der Waals surface area contributed by atoms with E-state index in [1.807, 2.05) is 0 Å². The van der Waals surface area contributed by atoms with E-state index in [0.717, 1.165) is 0 Å². The highest BCUT2D eigenvalue weighted by atomic mass is 79.9. The number of halogens is 2. The molecular formula is C11H6BrFN4O2. The molecule has 6 nitrogen and oxygen atoms in total. The first-order valence-corrected chi connectivity index (χ1v) is 6.01. The van der Waals surface area contributed by atoms with Crippen molar-refractivity contribution in [3.63, 3.8) is 0 Å². The summed E-state index contributed by atoms with van der Waals surface area (Å²) >= 11 is 3.05. The van der Waals surface area contributed by atoms with Gasteiger partial charge in [-0.3, -0.25) is 14.8 Å². The molecule has 0 aliphatic rings. The molecule has 96 valence electrons. The lowest BCUT2D eigenvalue weighted by Crippen LogP contribution is -2.21. The van der Waals surface area contributed by atoms with Crippen molar-refractivity contribution in [3.05, 3.63) is 49.3 Å². The summed E-state index contributed by atoms with van der Waals surface area (Å²) in [6.45, 7) is 0. The number of nitrogens with zero attached hydrogens (tertiary/aromatic N) is 1. The van der Waals surface area contributed by atoms with Crippen LogP contribution in [-0.4, -0.2) is 19.9 Å². The number of H-pyrrole nitrogens is 3. The van der Waals surface area contributed by atoms with Crippen molar-refractivity contribution in [2.75, 3.05) is 0 Å². The first-order chi connectivity index (χ1) is 9.04. The van der Waals surface area contributed by atoms with Crippen LogP contribution in [-0.2, 0) is 0 Å². The number of hydrogen-bond acceptors (Lipinski definition) is 3. The Balaban J connectivity index is 2.26. The van der Waals surface area contributed by atoms with E-state index in [9.17, 15) is 14.0 Å². The van der Waals surface area contributed by atoms with Crippen molar-refractivity contribution < 1.29 is 4.39 Å². The summed E-state index contributed by atoms with van der Waals surface area (Å²) in [5.41, 5.74) is -0.477. The quantitative estimate of drug-likeness (QED) is 0.633. The molecule has 0 spiro atoms. The summed E-state index contributed by atoms with van der Waals surface area (Å²) in [6, 6.07) is 4.44. The Morgan fingerprint density at radius 1 is 1.16 bits per heavy atom. The minimum atomic E-state index is -0.641. The van der Waals surface area contributed by atoms with Gasteiger partial charge in [-0.05, 0) is 34.1 Å². The Labute approximate surface area is 112 Å². The number of aromatic nitrogens is 4. The highest BCUT2D eigenvalue weighted by Gasteiger charge is 2.10. The first kappa shape index (κ1) is 11.8. The number of hydrogen-bond donors (Lipinski definition) is 3. The summed E-state index contributed by atoms with van der Waals surface area (Å²) in [6.07, 6.45) is 0. The largest absolute Gasteiger partial charge is 0.332 e. The number of benzene rings is 1. The Hall–Kier alpha value is -2.22. The van der Waals surface area contributed by atoms with Crippen LogP contribution >= 0.6 is 15.9 Å². The van der Waals surface area contributed by atoms with Gasteiger partial charge in [0.2, 0.25) is 0 Å². The van der Waals surface area contributed by atoms with Crippen molar-refractivity contribution in [1.82, 2.24) is 19.9 Å². The van der Waals surface area contributed by atoms with Gasteiger partial charge in [-0.2, -0.15) is 0 Å². The van der Waals surface area contributed by atoms with E-state index < -0.39 is 17.1 Å². The van der Waals surface area contributed by atoms with Gasteiger partial charge in [0.15, 0.2) is 5.65 Å². The van der Waals surface area contributed by atoms with E-state index in [4.69, 9.17) is 0 Å². The summed E-state index contributed by atoms with van der Waals surface area (Å²) < 4.78 is 13.8. The lowest BCUT2D eigenvalue weighted by molar-refractivity contribution is 0.621. The zero-order chi connectivity index (χ0) is 13.6. The Morgan fingerprint density at radius 3 is 2.68 bits per heavy atom. The molecule has 0 saturated heterocycles. The van der Waals surface area contributed by atoms with Crippen LogP contribution in [0.25, 0.3) is 22.6 Å². The van der Waals surface area contributed by atoms with Gasteiger partial charge in [-0.15, -0.1) is 0 Å². The van der Waals surface area contributed by atoms with E-state index >= 15 is 0 Å². The zero-order valence-electron chi connectivity index (χ0n) is 9.25. The molecule has 0 saturated carbocycles. The SMILES string of the molecule is O=c1[nH]c(=O)c2[nH]c(-c3ccc(Br)c(F)c3)nc2[nH]1. The fraction of sp³-hybridized carbons (Fsp3) is 0. The lowest BCUT2D eigenvalue weighted by Gasteiger charge is -1.98. The van der Waals surface area contributed by atoms with Crippen molar-refractivity contribution in [3.8, 4) is 11.4 Å². The maximum absolute atomic E-state index is 13.4. The number of fused-ring (bicyclic) bond motifs is 1. The van der Waals surface area contributed by atoms with E-state index in [2.05, 4.69) is 35.9 Å². The first-order valence-electron chi connectivity index (χ1n) is 5.22. The van der Waals surface area contributed by atoms with Crippen LogP contribution in [0, 0.1) is 5.82 Å².